The van der Waals surface area contributed by atoms with Crippen molar-refractivity contribution in [3.8, 4) is 0 Å². The minimum Gasteiger partial charge on any atom is -0.619 e. The fourth-order valence-electron chi connectivity index (χ4n) is 1.43. The summed E-state index contributed by atoms with van der Waals surface area (Å²) in [6.45, 7) is 0. The van der Waals surface area contributed by atoms with Crippen molar-refractivity contribution in [3.63, 3.8) is 0 Å². The van der Waals surface area contributed by atoms with Crippen LogP contribution in [0.5, 0.6) is 0 Å². The molecule has 1 saturated heterocycles. The number of carboxylic acids is 1. The Bertz CT molecular complexity index is 385. The Labute approximate surface area is 90.7 Å². The van der Waals surface area contributed by atoms with Gasteiger partial charge < -0.3 is 10.3 Å². The van der Waals surface area contributed by atoms with Crippen molar-refractivity contribution < 1.29 is 14.6 Å². The first-order valence-electron chi connectivity index (χ1n) is 4.46. The Morgan fingerprint density at radius 1 is 1.73 bits per heavy atom. The van der Waals surface area contributed by atoms with E-state index in [9.17, 15) is 10.0 Å². The van der Waals surface area contributed by atoms with Crippen molar-refractivity contribution in [2.24, 2.45) is 0 Å². The summed E-state index contributed by atoms with van der Waals surface area (Å²) < 4.78 is 0.714. The molecule has 0 aliphatic carbocycles. The molecule has 0 radical (unpaired) electrons. The van der Waals surface area contributed by atoms with Gasteiger partial charge in [-0.1, -0.05) is 0 Å². The molecule has 2 heterocycles. The smallest absolute Gasteiger partial charge is 0.321 e. The molecular formula is C9H10N2O3S. The first-order chi connectivity index (χ1) is 7.16. The third-order valence-corrected chi connectivity index (χ3v) is 3.45. The SMILES string of the molecule is O=C(O)[C@@H]1CSC(c2ccc[n+]([O-])c2)N1. The number of pyridine rings is 1. The molecule has 1 aliphatic heterocycles. The zero-order valence-electron chi connectivity index (χ0n) is 7.79. The van der Waals surface area contributed by atoms with Crippen molar-refractivity contribution >= 4 is 17.7 Å². The van der Waals surface area contributed by atoms with Gasteiger partial charge in [0.15, 0.2) is 12.4 Å². The monoisotopic (exact) mass is 226 g/mol. The molecule has 2 N–H and O–H groups in total. The van der Waals surface area contributed by atoms with Gasteiger partial charge in [-0.3, -0.25) is 10.1 Å². The molecule has 1 unspecified atom stereocenters. The average molecular weight is 226 g/mol. The van der Waals surface area contributed by atoms with Gasteiger partial charge in [0.2, 0.25) is 0 Å². The molecule has 0 amide bonds. The molecule has 2 rings (SSSR count). The molecule has 80 valence electrons. The number of aromatic nitrogens is 1. The Kier molecular flexibility index (Phi) is 2.79. The topological polar surface area (TPSA) is 76.3 Å². The minimum atomic E-state index is -0.851. The van der Waals surface area contributed by atoms with Gasteiger partial charge >= 0.3 is 5.97 Å². The van der Waals surface area contributed by atoms with Crippen LogP contribution in [0.15, 0.2) is 24.5 Å². The molecule has 0 aromatic carbocycles. The number of carbonyl (C=O) groups is 1. The predicted octanol–water partition coefficient (Wildman–Crippen LogP) is 0.108. The Morgan fingerprint density at radius 3 is 3.13 bits per heavy atom. The number of nitrogens with zero attached hydrogens (tertiary/aromatic N) is 1. The largest absolute Gasteiger partial charge is 0.619 e. The van der Waals surface area contributed by atoms with Gasteiger partial charge in [0.1, 0.15) is 6.04 Å². The normalized spacial score (nSPS) is 25.3. The highest BCUT2D eigenvalue weighted by Gasteiger charge is 2.30. The molecule has 1 aromatic rings. The summed E-state index contributed by atoms with van der Waals surface area (Å²) in [6, 6.07) is 2.93. The number of hydrogen-bond acceptors (Lipinski definition) is 4. The molecule has 0 bridgehead atoms. The first-order valence-corrected chi connectivity index (χ1v) is 5.51. The average Bonchev–Trinajstić information content (AvgIpc) is 2.66. The molecular weight excluding hydrogens is 216 g/mol. The maximum Gasteiger partial charge on any atom is 0.321 e. The summed E-state index contributed by atoms with van der Waals surface area (Å²) in [4.78, 5) is 10.7. The number of hydrogen-bond donors (Lipinski definition) is 2. The minimum absolute atomic E-state index is 0.104. The van der Waals surface area contributed by atoms with E-state index in [0.717, 1.165) is 5.56 Å². The highest BCUT2D eigenvalue weighted by atomic mass is 32.2. The second-order valence-electron chi connectivity index (χ2n) is 3.27. The van der Waals surface area contributed by atoms with Crippen LogP contribution >= 0.6 is 11.8 Å². The summed E-state index contributed by atoms with van der Waals surface area (Å²) in [5.41, 5.74) is 0.807. The molecule has 5 nitrogen and oxygen atoms in total. The van der Waals surface area contributed by atoms with Gasteiger partial charge in [-0.25, -0.2) is 0 Å². The summed E-state index contributed by atoms with van der Waals surface area (Å²) >= 11 is 1.50. The Hall–Kier alpha value is -1.27. The lowest BCUT2D eigenvalue weighted by Crippen LogP contribution is -2.34. The first kappa shape index (κ1) is 10.3. The molecule has 0 saturated carbocycles. The summed E-state index contributed by atoms with van der Waals surface area (Å²) in [5, 5.41) is 22.7. The summed E-state index contributed by atoms with van der Waals surface area (Å²) in [6.07, 6.45) is 2.85. The van der Waals surface area contributed by atoms with E-state index in [1.54, 1.807) is 6.07 Å². The maximum atomic E-state index is 11.0. The van der Waals surface area contributed by atoms with Crippen LogP contribution in [-0.4, -0.2) is 22.9 Å². The molecule has 1 aromatic heterocycles. The molecule has 1 aliphatic rings. The van der Waals surface area contributed by atoms with Crippen molar-refractivity contribution in [1.82, 2.24) is 5.32 Å². The van der Waals surface area contributed by atoms with Crippen molar-refractivity contribution in [3.05, 3.63) is 35.3 Å². The van der Waals surface area contributed by atoms with Gasteiger partial charge in [0.05, 0.1) is 5.37 Å². The molecule has 1 fully saturated rings. The number of nitrogens with one attached hydrogen (secondary N) is 1. The lowest BCUT2D eigenvalue weighted by molar-refractivity contribution is -0.605. The van der Waals surface area contributed by atoms with E-state index in [1.165, 1.54) is 24.2 Å². The zero-order valence-corrected chi connectivity index (χ0v) is 8.61. The standard InChI is InChI=1S/C9H10N2O3S/c12-9(13)7-5-15-8(10-7)6-2-1-3-11(14)4-6/h1-4,7-8,10H,5H2,(H,12,13)/t7-,8?/m0/s1. The van der Waals surface area contributed by atoms with Crippen LogP contribution in [0.1, 0.15) is 10.9 Å². The van der Waals surface area contributed by atoms with Gasteiger partial charge in [-0.05, 0) is 6.07 Å². The Balaban J connectivity index is 2.11. The predicted molar refractivity (Wildman–Crippen MR) is 55.2 cm³/mol. The van der Waals surface area contributed by atoms with E-state index in [-0.39, 0.29) is 5.37 Å². The second-order valence-corrected chi connectivity index (χ2v) is 4.41. The molecule has 2 atom stereocenters. The molecule has 0 spiro atoms. The number of aliphatic carboxylic acids is 1. The summed E-state index contributed by atoms with van der Waals surface area (Å²) in [7, 11) is 0. The van der Waals surface area contributed by atoms with Gasteiger partial charge in [0, 0.05) is 17.4 Å². The third-order valence-electron chi connectivity index (χ3n) is 2.18. The second kappa shape index (κ2) is 4.08. The highest BCUT2D eigenvalue weighted by molar-refractivity contribution is 7.99. The van der Waals surface area contributed by atoms with Gasteiger partial charge in [-0.2, -0.15) is 4.73 Å². The van der Waals surface area contributed by atoms with Crippen LogP contribution in [-0.2, 0) is 4.79 Å². The zero-order chi connectivity index (χ0) is 10.8. The lowest BCUT2D eigenvalue weighted by atomic mass is 10.2. The summed E-state index contributed by atoms with van der Waals surface area (Å²) in [5.74, 6) is -0.329. The van der Waals surface area contributed by atoms with E-state index in [0.29, 0.717) is 10.5 Å². The number of thioether (sulfide) groups is 1. The van der Waals surface area contributed by atoms with E-state index >= 15 is 0 Å². The number of rotatable bonds is 2. The van der Waals surface area contributed by atoms with Crippen LogP contribution in [0.4, 0.5) is 0 Å². The Morgan fingerprint density at radius 2 is 2.53 bits per heavy atom. The van der Waals surface area contributed by atoms with Gasteiger partial charge in [-0.15, -0.1) is 11.8 Å². The fourth-order valence-corrected chi connectivity index (χ4v) is 2.65. The van der Waals surface area contributed by atoms with Crippen LogP contribution in [0, 0.1) is 5.21 Å². The van der Waals surface area contributed by atoms with Crippen LogP contribution < -0.4 is 10.0 Å². The number of carboxylic acid groups (broad SMARTS) is 1. The highest BCUT2D eigenvalue weighted by Crippen LogP contribution is 2.31. The van der Waals surface area contributed by atoms with E-state index < -0.39 is 12.0 Å². The fraction of sp³-hybridized carbons (Fsp3) is 0.333. The molecule has 15 heavy (non-hydrogen) atoms. The van der Waals surface area contributed by atoms with Crippen LogP contribution in [0.2, 0.25) is 0 Å². The van der Waals surface area contributed by atoms with Crippen molar-refractivity contribution in [1.29, 1.82) is 0 Å². The van der Waals surface area contributed by atoms with E-state index in [4.69, 9.17) is 5.11 Å². The van der Waals surface area contributed by atoms with E-state index in [1.807, 2.05) is 6.07 Å². The van der Waals surface area contributed by atoms with Gasteiger partial charge in [0.25, 0.3) is 0 Å². The third kappa shape index (κ3) is 2.21. The van der Waals surface area contributed by atoms with Crippen LogP contribution in [0.25, 0.3) is 0 Å². The van der Waals surface area contributed by atoms with E-state index in [2.05, 4.69) is 5.32 Å². The lowest BCUT2D eigenvalue weighted by Gasteiger charge is -2.09. The van der Waals surface area contributed by atoms with Crippen molar-refractivity contribution in [2.45, 2.75) is 11.4 Å². The van der Waals surface area contributed by atoms with Crippen molar-refractivity contribution in [2.75, 3.05) is 5.75 Å². The quantitative estimate of drug-likeness (QED) is 0.553. The molecule has 6 heteroatoms. The maximum absolute atomic E-state index is 11.0. The van der Waals surface area contributed by atoms with Crippen LogP contribution in [0.3, 0.4) is 0 Å².